The van der Waals surface area contributed by atoms with Crippen LogP contribution in [0.4, 0.5) is 8.78 Å². The fraction of sp³-hybridized carbons (Fsp3) is 0.263. The zero-order chi connectivity index (χ0) is 18.0. The van der Waals surface area contributed by atoms with Gasteiger partial charge in [0.25, 0.3) is 5.91 Å². The Kier molecular flexibility index (Phi) is 4.79. The molecule has 2 aromatic rings. The SMILES string of the molecule is CC(OC(=O)c1cc(F)cc(F)c1)C(=O)N1CCc2ccccc2C1. The normalized spacial score (nSPS) is 14.6. The van der Waals surface area contributed by atoms with Crippen molar-refractivity contribution in [3.63, 3.8) is 0 Å². The Morgan fingerprint density at radius 1 is 1.08 bits per heavy atom. The van der Waals surface area contributed by atoms with Crippen molar-refractivity contribution >= 4 is 11.9 Å². The largest absolute Gasteiger partial charge is 0.449 e. The highest BCUT2D eigenvalue weighted by Crippen LogP contribution is 2.20. The number of amides is 1. The Morgan fingerprint density at radius 2 is 1.72 bits per heavy atom. The number of carbonyl (C=O) groups excluding carboxylic acids is 2. The van der Waals surface area contributed by atoms with Crippen LogP contribution in [-0.4, -0.2) is 29.4 Å². The summed E-state index contributed by atoms with van der Waals surface area (Å²) in [6.07, 6.45) is -0.304. The second kappa shape index (κ2) is 7.01. The third-order valence-electron chi connectivity index (χ3n) is 4.17. The van der Waals surface area contributed by atoms with Crippen LogP contribution in [0.1, 0.15) is 28.4 Å². The second-order valence-corrected chi connectivity index (χ2v) is 5.98. The molecule has 2 aromatic carbocycles. The van der Waals surface area contributed by atoms with Gasteiger partial charge in [0, 0.05) is 19.2 Å². The predicted molar refractivity (Wildman–Crippen MR) is 86.8 cm³/mol. The number of rotatable bonds is 3. The van der Waals surface area contributed by atoms with Gasteiger partial charge in [0.05, 0.1) is 5.56 Å². The number of esters is 1. The van der Waals surface area contributed by atoms with Crippen molar-refractivity contribution in [2.75, 3.05) is 6.54 Å². The van der Waals surface area contributed by atoms with E-state index in [2.05, 4.69) is 0 Å². The summed E-state index contributed by atoms with van der Waals surface area (Å²) in [7, 11) is 0. The van der Waals surface area contributed by atoms with E-state index in [1.807, 2.05) is 24.3 Å². The molecule has 6 heteroatoms. The van der Waals surface area contributed by atoms with E-state index in [1.165, 1.54) is 12.5 Å². The molecule has 1 unspecified atom stereocenters. The molecule has 130 valence electrons. The van der Waals surface area contributed by atoms with Crippen LogP contribution in [0.3, 0.4) is 0 Å². The first-order valence-electron chi connectivity index (χ1n) is 7.96. The van der Waals surface area contributed by atoms with Gasteiger partial charge in [-0.15, -0.1) is 0 Å². The van der Waals surface area contributed by atoms with Crippen LogP contribution in [-0.2, 0) is 22.5 Å². The van der Waals surface area contributed by atoms with Gasteiger partial charge < -0.3 is 9.64 Å². The molecule has 1 atom stereocenters. The highest BCUT2D eigenvalue weighted by Gasteiger charge is 2.27. The van der Waals surface area contributed by atoms with E-state index in [0.717, 1.165) is 24.1 Å². The number of hydrogen-bond acceptors (Lipinski definition) is 3. The topological polar surface area (TPSA) is 46.6 Å². The van der Waals surface area contributed by atoms with E-state index >= 15 is 0 Å². The Bertz CT molecular complexity index is 802. The average Bonchev–Trinajstić information content (AvgIpc) is 2.59. The van der Waals surface area contributed by atoms with E-state index < -0.39 is 23.7 Å². The van der Waals surface area contributed by atoms with E-state index in [1.54, 1.807) is 4.90 Å². The zero-order valence-electron chi connectivity index (χ0n) is 13.7. The summed E-state index contributed by atoms with van der Waals surface area (Å²) in [4.78, 5) is 26.1. The monoisotopic (exact) mass is 345 g/mol. The van der Waals surface area contributed by atoms with Gasteiger partial charge in [-0.25, -0.2) is 13.6 Å². The predicted octanol–water partition coefficient (Wildman–Crippen LogP) is 3.10. The molecule has 0 saturated heterocycles. The summed E-state index contributed by atoms with van der Waals surface area (Å²) < 4.78 is 31.5. The smallest absolute Gasteiger partial charge is 0.339 e. The van der Waals surface area contributed by atoms with Crippen LogP contribution in [0.25, 0.3) is 0 Å². The fourth-order valence-corrected chi connectivity index (χ4v) is 2.89. The molecule has 1 aliphatic rings. The molecule has 0 spiro atoms. The molecule has 25 heavy (non-hydrogen) atoms. The first kappa shape index (κ1) is 17.1. The molecular weight excluding hydrogens is 328 g/mol. The van der Waals surface area contributed by atoms with Gasteiger partial charge in [0.2, 0.25) is 0 Å². The molecule has 0 radical (unpaired) electrons. The molecule has 1 amide bonds. The highest BCUT2D eigenvalue weighted by atomic mass is 19.1. The lowest BCUT2D eigenvalue weighted by molar-refractivity contribution is -0.140. The average molecular weight is 345 g/mol. The van der Waals surface area contributed by atoms with Crippen molar-refractivity contribution in [2.24, 2.45) is 0 Å². The van der Waals surface area contributed by atoms with E-state index in [9.17, 15) is 18.4 Å². The maximum absolute atomic E-state index is 13.2. The van der Waals surface area contributed by atoms with Gasteiger partial charge in [-0.2, -0.15) is 0 Å². The lowest BCUT2D eigenvalue weighted by Gasteiger charge is -2.30. The van der Waals surface area contributed by atoms with Crippen molar-refractivity contribution in [1.29, 1.82) is 0 Å². The van der Waals surface area contributed by atoms with Crippen LogP contribution >= 0.6 is 0 Å². The van der Waals surface area contributed by atoms with Gasteiger partial charge in [-0.1, -0.05) is 24.3 Å². The van der Waals surface area contributed by atoms with Crippen LogP contribution < -0.4 is 0 Å². The van der Waals surface area contributed by atoms with Gasteiger partial charge >= 0.3 is 5.97 Å². The highest BCUT2D eigenvalue weighted by molar-refractivity contribution is 5.92. The molecule has 0 aliphatic carbocycles. The van der Waals surface area contributed by atoms with Crippen LogP contribution in [0.5, 0.6) is 0 Å². The van der Waals surface area contributed by atoms with Gasteiger partial charge in [0.1, 0.15) is 11.6 Å². The number of hydrogen-bond donors (Lipinski definition) is 0. The van der Waals surface area contributed by atoms with Crippen molar-refractivity contribution in [3.05, 3.63) is 70.8 Å². The molecule has 0 bridgehead atoms. The zero-order valence-corrected chi connectivity index (χ0v) is 13.7. The Hall–Kier alpha value is -2.76. The third-order valence-corrected chi connectivity index (χ3v) is 4.17. The quantitative estimate of drug-likeness (QED) is 0.803. The lowest BCUT2D eigenvalue weighted by atomic mass is 9.99. The Morgan fingerprint density at radius 3 is 2.40 bits per heavy atom. The number of benzene rings is 2. The maximum Gasteiger partial charge on any atom is 0.339 e. The van der Waals surface area contributed by atoms with E-state index in [4.69, 9.17) is 4.74 Å². The molecular formula is C19H17F2NO3. The molecule has 0 saturated carbocycles. The molecule has 0 N–H and O–H groups in total. The Balaban J connectivity index is 1.66. The maximum atomic E-state index is 13.2. The summed E-state index contributed by atoms with van der Waals surface area (Å²) in [6.45, 7) is 2.44. The van der Waals surface area contributed by atoms with Gasteiger partial charge in [0.15, 0.2) is 6.10 Å². The minimum atomic E-state index is -1.04. The summed E-state index contributed by atoms with van der Waals surface area (Å²) in [5.74, 6) is -3.02. The van der Waals surface area contributed by atoms with Crippen molar-refractivity contribution in [2.45, 2.75) is 26.0 Å². The molecule has 3 rings (SSSR count). The van der Waals surface area contributed by atoms with Crippen LogP contribution in [0.15, 0.2) is 42.5 Å². The first-order valence-corrected chi connectivity index (χ1v) is 7.96. The minimum Gasteiger partial charge on any atom is -0.449 e. The first-order chi connectivity index (χ1) is 11.9. The number of carbonyl (C=O) groups is 2. The molecule has 1 aliphatic heterocycles. The fourth-order valence-electron chi connectivity index (χ4n) is 2.89. The third kappa shape index (κ3) is 3.84. The van der Waals surface area contributed by atoms with E-state index in [0.29, 0.717) is 19.2 Å². The van der Waals surface area contributed by atoms with Crippen molar-refractivity contribution in [1.82, 2.24) is 4.90 Å². The van der Waals surface area contributed by atoms with Crippen molar-refractivity contribution in [3.8, 4) is 0 Å². The summed E-state index contributed by atoms with van der Waals surface area (Å²) in [5.41, 5.74) is 2.00. The number of halogens is 2. The standard InChI is InChI=1S/C19H17F2NO3/c1-12(25-19(24)15-8-16(20)10-17(21)9-15)18(23)22-7-6-13-4-2-3-5-14(13)11-22/h2-5,8-10,12H,6-7,11H2,1H3. The van der Waals surface area contributed by atoms with E-state index in [-0.39, 0.29) is 11.5 Å². The number of fused-ring (bicyclic) bond motifs is 1. The van der Waals surface area contributed by atoms with Gasteiger partial charge in [-0.05, 0) is 36.6 Å². The lowest BCUT2D eigenvalue weighted by Crippen LogP contribution is -2.42. The second-order valence-electron chi connectivity index (χ2n) is 5.98. The minimum absolute atomic E-state index is 0.263. The molecule has 0 aromatic heterocycles. The van der Waals surface area contributed by atoms with Crippen LogP contribution in [0.2, 0.25) is 0 Å². The number of nitrogens with zero attached hydrogens (tertiary/aromatic N) is 1. The molecule has 0 fully saturated rings. The molecule has 4 nitrogen and oxygen atoms in total. The summed E-state index contributed by atoms with van der Waals surface area (Å²) in [6, 6.07) is 10.3. The summed E-state index contributed by atoms with van der Waals surface area (Å²) in [5, 5.41) is 0. The summed E-state index contributed by atoms with van der Waals surface area (Å²) >= 11 is 0. The molecule has 1 heterocycles. The van der Waals surface area contributed by atoms with Gasteiger partial charge in [-0.3, -0.25) is 4.79 Å². The Labute approximate surface area is 144 Å². The van der Waals surface area contributed by atoms with Crippen molar-refractivity contribution < 1.29 is 23.1 Å². The number of ether oxygens (including phenoxy) is 1. The van der Waals surface area contributed by atoms with Crippen LogP contribution in [0, 0.1) is 11.6 Å².